The summed E-state index contributed by atoms with van der Waals surface area (Å²) in [6.07, 6.45) is 2.41. The van der Waals surface area contributed by atoms with E-state index in [1.807, 2.05) is 36.4 Å². The first-order chi connectivity index (χ1) is 21.3. The van der Waals surface area contributed by atoms with Crippen molar-refractivity contribution in [2.24, 2.45) is 7.05 Å². The molecule has 5 aromatic rings. The molecule has 2 heterocycles. The van der Waals surface area contributed by atoms with Gasteiger partial charge in [0.25, 0.3) is 5.56 Å². The number of pyridine rings is 1. The van der Waals surface area contributed by atoms with Crippen molar-refractivity contribution in [3.05, 3.63) is 113 Å². The lowest BCUT2D eigenvalue weighted by atomic mass is 10.0. The molecule has 0 saturated heterocycles. The average molecular weight is 650 g/mol. The number of sulfonamides is 1. The van der Waals surface area contributed by atoms with Gasteiger partial charge in [-0.2, -0.15) is 0 Å². The molecule has 45 heavy (non-hydrogen) atoms. The molecule has 0 bridgehead atoms. The largest absolute Gasteiger partial charge is 0.461 e. The molecule has 13 heteroatoms. The van der Waals surface area contributed by atoms with Crippen LogP contribution in [0.5, 0.6) is 11.5 Å². The van der Waals surface area contributed by atoms with E-state index in [9.17, 15) is 26.4 Å². The molecule has 0 aliphatic carbocycles. The zero-order chi connectivity index (χ0) is 32.4. The molecule has 0 spiro atoms. The second kappa shape index (κ2) is 12.6. The second-order valence-corrected chi connectivity index (χ2v) is 14.7. The second-order valence-electron chi connectivity index (χ2n) is 10.4. The Balaban J connectivity index is 1.77. The number of nitrogens with one attached hydrogen (secondary N) is 1. The average Bonchev–Trinajstić information content (AvgIpc) is 3.35. The number of nitrogens with zero attached hydrogens (tertiary/aromatic N) is 2. The van der Waals surface area contributed by atoms with Crippen LogP contribution in [0.15, 0.2) is 95.9 Å². The lowest BCUT2D eigenvalue weighted by molar-refractivity contribution is 0.0515. The van der Waals surface area contributed by atoms with E-state index < -0.39 is 30.9 Å². The highest BCUT2D eigenvalue weighted by molar-refractivity contribution is 8.08. The summed E-state index contributed by atoms with van der Waals surface area (Å²) in [4.78, 5) is 26.9. The minimum Gasteiger partial charge on any atom is -0.461 e. The van der Waals surface area contributed by atoms with Crippen molar-refractivity contribution in [2.75, 3.05) is 22.7 Å². The van der Waals surface area contributed by atoms with E-state index in [4.69, 9.17) is 9.47 Å². The Labute approximate surface area is 260 Å². The number of rotatable bonds is 11. The van der Waals surface area contributed by atoms with Crippen LogP contribution in [0.3, 0.4) is 0 Å². The number of ether oxygens (including phenoxy) is 2. The SMILES string of the molecule is CCOC(=O)c1cc2c(-c3cc(NS(=O)(=O)CS(C)(=O)=O)ccc3Oc3ccccc3)cn(C)c(=O)c2n1Cc1ccccc1. The van der Waals surface area contributed by atoms with E-state index in [0.29, 0.717) is 28.0 Å². The van der Waals surface area contributed by atoms with Crippen LogP contribution in [0.4, 0.5) is 5.69 Å². The predicted octanol–water partition coefficient (Wildman–Crippen LogP) is 4.77. The zero-order valence-electron chi connectivity index (χ0n) is 24.8. The minimum atomic E-state index is -4.27. The van der Waals surface area contributed by atoms with Gasteiger partial charge in [0.2, 0.25) is 10.0 Å². The van der Waals surface area contributed by atoms with Gasteiger partial charge in [0.1, 0.15) is 22.7 Å². The molecule has 0 saturated carbocycles. The summed E-state index contributed by atoms with van der Waals surface area (Å²) in [5, 5.41) is -0.696. The Hall–Kier alpha value is -4.88. The molecule has 0 atom stereocenters. The Kier molecular flexibility index (Phi) is 8.84. The van der Waals surface area contributed by atoms with Gasteiger partial charge in [0, 0.05) is 48.2 Å². The molecule has 0 fully saturated rings. The predicted molar refractivity (Wildman–Crippen MR) is 173 cm³/mol. The first-order valence-corrected chi connectivity index (χ1v) is 17.6. The van der Waals surface area contributed by atoms with E-state index in [2.05, 4.69) is 4.72 Å². The molecule has 0 unspecified atom stereocenters. The number of esters is 1. The Morgan fingerprint density at radius 2 is 1.56 bits per heavy atom. The van der Waals surface area contributed by atoms with Gasteiger partial charge in [-0.3, -0.25) is 9.52 Å². The van der Waals surface area contributed by atoms with E-state index in [1.165, 1.54) is 16.7 Å². The van der Waals surface area contributed by atoms with Crippen LogP contribution in [-0.2, 0) is 38.2 Å². The summed E-state index contributed by atoms with van der Waals surface area (Å²) in [6, 6.07) is 24.3. The zero-order valence-corrected chi connectivity index (χ0v) is 26.4. The highest BCUT2D eigenvalue weighted by atomic mass is 32.3. The van der Waals surface area contributed by atoms with Crippen molar-refractivity contribution in [1.29, 1.82) is 0 Å². The van der Waals surface area contributed by atoms with E-state index in [1.54, 1.807) is 61.1 Å². The molecule has 1 N–H and O–H groups in total. The maximum absolute atomic E-state index is 13.7. The minimum absolute atomic E-state index is 0.0744. The van der Waals surface area contributed by atoms with Gasteiger partial charge in [0.15, 0.2) is 14.9 Å². The van der Waals surface area contributed by atoms with Gasteiger partial charge in [-0.05, 0) is 48.9 Å². The highest BCUT2D eigenvalue weighted by Crippen LogP contribution is 2.39. The summed E-state index contributed by atoms with van der Waals surface area (Å²) in [6.45, 7) is 2.02. The van der Waals surface area contributed by atoms with Crippen LogP contribution >= 0.6 is 0 Å². The maximum atomic E-state index is 13.7. The number of carbonyl (C=O) groups is 1. The number of anilines is 1. The lowest BCUT2D eigenvalue weighted by Gasteiger charge is -2.16. The Morgan fingerprint density at radius 3 is 2.20 bits per heavy atom. The molecule has 0 radical (unpaired) electrons. The summed E-state index contributed by atoms with van der Waals surface area (Å²) in [7, 11) is -6.55. The maximum Gasteiger partial charge on any atom is 0.354 e. The lowest BCUT2D eigenvalue weighted by Crippen LogP contribution is -2.22. The summed E-state index contributed by atoms with van der Waals surface area (Å²) in [5.41, 5.74) is 1.79. The number of para-hydroxylation sites is 1. The van der Waals surface area contributed by atoms with Crippen molar-refractivity contribution in [3.63, 3.8) is 0 Å². The van der Waals surface area contributed by atoms with Crippen LogP contribution in [-0.4, -0.2) is 49.9 Å². The third-order valence-electron chi connectivity index (χ3n) is 6.78. The molecule has 11 nitrogen and oxygen atoms in total. The van der Waals surface area contributed by atoms with Gasteiger partial charge >= 0.3 is 5.97 Å². The van der Waals surface area contributed by atoms with Crippen molar-refractivity contribution < 1.29 is 31.1 Å². The standard InChI is InChI=1S/C32H31N3O8S2/c1-4-42-32(37)28-18-26-27(20-34(2)31(36)30(26)35(28)19-22-11-7-5-8-12-22)25-17-23(33-45(40,41)21-44(3,38)39)15-16-29(25)43-24-13-9-6-10-14-24/h5-18,20,33H,4,19,21H2,1-3H3. The molecule has 3 aromatic carbocycles. The first-order valence-electron chi connectivity index (χ1n) is 13.8. The first kappa shape index (κ1) is 31.5. The molecule has 234 valence electrons. The number of benzene rings is 3. The van der Waals surface area contributed by atoms with Crippen LogP contribution in [0.1, 0.15) is 23.0 Å². The topological polar surface area (TPSA) is 143 Å². The third kappa shape index (κ3) is 7.27. The number of aromatic nitrogens is 2. The Bertz CT molecular complexity index is 2160. The number of hydrogen-bond acceptors (Lipinski definition) is 8. The van der Waals surface area contributed by atoms with Crippen molar-refractivity contribution >= 4 is 42.4 Å². The fraction of sp³-hybridized carbons (Fsp3) is 0.188. The van der Waals surface area contributed by atoms with E-state index >= 15 is 0 Å². The monoisotopic (exact) mass is 649 g/mol. The number of hydrogen-bond donors (Lipinski definition) is 1. The number of sulfone groups is 1. The van der Waals surface area contributed by atoms with Gasteiger partial charge in [-0.25, -0.2) is 21.6 Å². The number of carbonyl (C=O) groups excluding carboxylic acids is 1. The summed E-state index contributed by atoms with van der Waals surface area (Å²) in [5.74, 6) is 0.209. The van der Waals surface area contributed by atoms with Gasteiger partial charge < -0.3 is 18.6 Å². The molecule has 0 aliphatic heterocycles. The van der Waals surface area contributed by atoms with E-state index in [0.717, 1.165) is 11.8 Å². The fourth-order valence-corrected chi connectivity index (χ4v) is 7.97. The molecular weight excluding hydrogens is 618 g/mol. The van der Waals surface area contributed by atoms with Crippen molar-refractivity contribution in [3.8, 4) is 22.6 Å². The number of fused-ring (bicyclic) bond motifs is 1. The molecular formula is C32H31N3O8S2. The van der Waals surface area contributed by atoms with Gasteiger partial charge in [0.05, 0.1) is 6.61 Å². The fourth-order valence-electron chi connectivity index (χ4n) is 4.99. The molecule has 0 amide bonds. The Morgan fingerprint density at radius 1 is 0.889 bits per heavy atom. The molecule has 0 aliphatic rings. The molecule has 2 aromatic heterocycles. The van der Waals surface area contributed by atoms with Gasteiger partial charge in [-0.1, -0.05) is 48.5 Å². The normalized spacial score (nSPS) is 11.8. The van der Waals surface area contributed by atoms with Crippen LogP contribution in [0.2, 0.25) is 0 Å². The van der Waals surface area contributed by atoms with Crippen LogP contribution in [0.25, 0.3) is 22.0 Å². The molecule has 5 rings (SSSR count). The highest BCUT2D eigenvalue weighted by Gasteiger charge is 2.25. The summed E-state index contributed by atoms with van der Waals surface area (Å²) < 4.78 is 65.8. The van der Waals surface area contributed by atoms with Crippen molar-refractivity contribution in [1.82, 2.24) is 9.13 Å². The quantitative estimate of drug-likeness (QED) is 0.202. The van der Waals surface area contributed by atoms with Crippen LogP contribution < -0.4 is 15.0 Å². The summed E-state index contributed by atoms with van der Waals surface area (Å²) >= 11 is 0. The van der Waals surface area contributed by atoms with E-state index in [-0.39, 0.29) is 35.6 Å². The smallest absolute Gasteiger partial charge is 0.354 e. The third-order valence-corrected chi connectivity index (χ3v) is 10.3. The van der Waals surface area contributed by atoms with Crippen molar-refractivity contribution in [2.45, 2.75) is 13.5 Å². The van der Waals surface area contributed by atoms with Crippen LogP contribution in [0, 0.1) is 0 Å². The van der Waals surface area contributed by atoms with Gasteiger partial charge in [-0.15, -0.1) is 0 Å². The number of aryl methyl sites for hydroxylation is 1.